The average molecular weight is 392 g/mol. The molecule has 0 heterocycles. The second-order valence-corrected chi connectivity index (χ2v) is 7.62. The van der Waals surface area contributed by atoms with Crippen molar-refractivity contribution in [2.24, 2.45) is 0 Å². The molecule has 0 aromatic rings. The van der Waals surface area contributed by atoms with Crippen molar-refractivity contribution in [3.63, 3.8) is 0 Å². The summed E-state index contributed by atoms with van der Waals surface area (Å²) >= 11 is 0. The summed E-state index contributed by atoms with van der Waals surface area (Å²) in [5, 5.41) is 25.4. The molecule has 0 unspecified atom stereocenters. The van der Waals surface area contributed by atoms with E-state index in [2.05, 4.69) is 8.62 Å². The molecule has 0 rings (SSSR count). The standard InChI is InChI=1S/C5H10O4.H5O10P3/c1-3(7)5(9)4(8)2-6;1-11(2,3)9-13(7,8)10-12(4,5)6/h4-6,8-9H,2H2,1H3;(H,7,8)(H2,1,2,3)(H2,4,5,6)/t4-,5-;/m1./s1. The van der Waals surface area contributed by atoms with Gasteiger partial charge in [0.05, 0.1) is 6.61 Å². The molecule has 0 aliphatic rings. The van der Waals surface area contributed by atoms with Gasteiger partial charge in [0.15, 0.2) is 5.78 Å². The highest BCUT2D eigenvalue weighted by molar-refractivity contribution is 7.66. The van der Waals surface area contributed by atoms with Gasteiger partial charge in [-0.1, -0.05) is 0 Å². The molecule has 0 aliphatic heterocycles. The van der Waals surface area contributed by atoms with E-state index in [0.717, 1.165) is 6.92 Å². The third-order valence-electron chi connectivity index (χ3n) is 1.39. The molecule has 17 heteroatoms. The van der Waals surface area contributed by atoms with Crippen LogP contribution >= 0.6 is 23.5 Å². The molecule has 2 atom stereocenters. The van der Waals surface area contributed by atoms with Gasteiger partial charge in [0, 0.05) is 0 Å². The van der Waals surface area contributed by atoms with E-state index in [-0.39, 0.29) is 0 Å². The highest BCUT2D eigenvalue weighted by atomic mass is 31.3. The Morgan fingerprint density at radius 3 is 1.41 bits per heavy atom. The van der Waals surface area contributed by atoms with Crippen LogP contribution in [0.4, 0.5) is 0 Å². The lowest BCUT2D eigenvalue weighted by Crippen LogP contribution is -2.34. The maximum absolute atomic E-state index is 10.4. The minimum absolute atomic E-state index is 0.545. The number of rotatable bonds is 7. The van der Waals surface area contributed by atoms with Crippen molar-refractivity contribution < 1.29 is 66.9 Å². The third-order valence-corrected chi connectivity index (χ3v) is 4.74. The predicted molar refractivity (Wildman–Crippen MR) is 65.9 cm³/mol. The molecule has 0 aliphatic carbocycles. The molecular formula is C5H15O14P3. The number of aliphatic hydroxyl groups excluding tert-OH is 3. The van der Waals surface area contributed by atoms with Gasteiger partial charge in [-0.15, -0.1) is 0 Å². The summed E-state index contributed by atoms with van der Waals surface area (Å²) in [6, 6.07) is 0. The Bertz CT molecular complexity index is 461. The fraction of sp³-hybridized carbons (Fsp3) is 0.800. The first kappa shape index (κ1) is 24.2. The molecule has 0 amide bonds. The topological polar surface area (TPSA) is 249 Å². The van der Waals surface area contributed by atoms with E-state index in [0.29, 0.717) is 0 Å². The number of Topliss-reactive ketones (excluding diaryl/α,β-unsaturated/α-hetero) is 1. The number of aliphatic hydroxyl groups is 3. The number of hydrogen-bond donors (Lipinski definition) is 8. The van der Waals surface area contributed by atoms with Crippen LogP contribution in [0.1, 0.15) is 6.92 Å². The first-order valence-corrected chi connectivity index (χ1v) is 9.40. The van der Waals surface area contributed by atoms with Gasteiger partial charge in [0.1, 0.15) is 12.2 Å². The number of ketones is 1. The van der Waals surface area contributed by atoms with Gasteiger partial charge in [0.2, 0.25) is 0 Å². The zero-order valence-electron chi connectivity index (χ0n) is 10.7. The minimum Gasteiger partial charge on any atom is -0.394 e. The number of phosphoric acid groups is 3. The van der Waals surface area contributed by atoms with E-state index in [1.54, 1.807) is 0 Å². The Labute approximate surface area is 123 Å². The van der Waals surface area contributed by atoms with Crippen LogP contribution in [0.15, 0.2) is 0 Å². The SMILES string of the molecule is CC(=O)[C@@H](O)[C@H](O)CO.O=P(O)(O)OP(=O)(O)OP(=O)(O)O. The fourth-order valence-corrected chi connectivity index (χ4v) is 3.19. The third kappa shape index (κ3) is 14.9. The smallest absolute Gasteiger partial charge is 0.394 e. The molecular weight excluding hydrogens is 377 g/mol. The van der Waals surface area contributed by atoms with Crippen molar-refractivity contribution in [1.82, 2.24) is 0 Å². The second-order valence-electron chi connectivity index (χ2n) is 3.42. The van der Waals surface area contributed by atoms with Gasteiger partial charge in [-0.25, -0.2) is 13.7 Å². The lowest BCUT2D eigenvalue weighted by molar-refractivity contribution is -0.132. The lowest BCUT2D eigenvalue weighted by Gasteiger charge is -2.11. The van der Waals surface area contributed by atoms with Gasteiger partial charge >= 0.3 is 23.5 Å². The molecule has 0 fully saturated rings. The van der Waals surface area contributed by atoms with Crippen LogP contribution in [0, 0.1) is 0 Å². The number of hydrogen-bond acceptors (Lipinski definition) is 9. The highest BCUT2D eigenvalue weighted by Crippen LogP contribution is 2.64. The Kier molecular flexibility index (Phi) is 10.2. The van der Waals surface area contributed by atoms with Crippen LogP contribution in [0.25, 0.3) is 0 Å². The second kappa shape index (κ2) is 9.30. The Morgan fingerprint density at radius 2 is 1.27 bits per heavy atom. The van der Waals surface area contributed by atoms with Gasteiger partial charge in [-0.05, 0) is 6.92 Å². The van der Waals surface area contributed by atoms with Crippen molar-refractivity contribution >= 4 is 29.3 Å². The van der Waals surface area contributed by atoms with Crippen LogP contribution in [0.2, 0.25) is 0 Å². The largest absolute Gasteiger partial charge is 0.490 e. The fourth-order valence-electron chi connectivity index (χ4n) is 0.655. The molecule has 0 spiro atoms. The van der Waals surface area contributed by atoms with Gasteiger partial charge in [-0.2, -0.15) is 8.62 Å². The molecule has 22 heavy (non-hydrogen) atoms. The molecule has 0 saturated heterocycles. The van der Waals surface area contributed by atoms with E-state index in [4.69, 9.17) is 39.8 Å². The van der Waals surface area contributed by atoms with Crippen LogP contribution in [0.3, 0.4) is 0 Å². The zero-order chi connectivity index (χ0) is 18.4. The van der Waals surface area contributed by atoms with Crippen molar-refractivity contribution in [3.05, 3.63) is 0 Å². The summed E-state index contributed by atoms with van der Waals surface area (Å²) in [4.78, 5) is 50.4. The van der Waals surface area contributed by atoms with Gasteiger partial charge < -0.3 is 39.8 Å². The van der Waals surface area contributed by atoms with Crippen LogP contribution in [-0.4, -0.2) is 64.4 Å². The summed E-state index contributed by atoms with van der Waals surface area (Å²) in [5.74, 6) is -0.545. The highest BCUT2D eigenvalue weighted by Gasteiger charge is 2.38. The molecule has 0 aromatic carbocycles. The summed E-state index contributed by atoms with van der Waals surface area (Å²) < 4.78 is 36.4. The Hall–Kier alpha value is -0.0400. The first-order valence-electron chi connectivity index (χ1n) is 4.85. The van der Waals surface area contributed by atoms with Gasteiger partial charge in [-0.3, -0.25) is 4.79 Å². The van der Waals surface area contributed by atoms with Crippen molar-refractivity contribution in [1.29, 1.82) is 0 Å². The summed E-state index contributed by atoms with van der Waals surface area (Å²) in [6.07, 6.45) is -2.79. The van der Waals surface area contributed by atoms with E-state index >= 15 is 0 Å². The van der Waals surface area contributed by atoms with Crippen LogP contribution in [0.5, 0.6) is 0 Å². The number of carbonyl (C=O) groups excluding carboxylic acids is 1. The van der Waals surface area contributed by atoms with E-state index < -0.39 is 48.1 Å². The molecule has 134 valence electrons. The normalized spacial score (nSPS) is 15.5. The summed E-state index contributed by atoms with van der Waals surface area (Å²) in [6.45, 7) is 0.546. The monoisotopic (exact) mass is 392 g/mol. The van der Waals surface area contributed by atoms with Crippen LogP contribution in [-0.2, 0) is 27.1 Å². The first-order chi connectivity index (χ1) is 9.51. The average Bonchev–Trinajstić information content (AvgIpc) is 2.20. The quantitative estimate of drug-likeness (QED) is 0.210. The Morgan fingerprint density at radius 1 is 0.955 bits per heavy atom. The molecule has 0 aromatic heterocycles. The molecule has 0 bridgehead atoms. The van der Waals surface area contributed by atoms with Crippen molar-refractivity contribution in [2.45, 2.75) is 19.1 Å². The Balaban J connectivity index is 0. The maximum atomic E-state index is 10.4. The summed E-state index contributed by atoms with van der Waals surface area (Å²) in [5.41, 5.74) is 0. The lowest BCUT2D eigenvalue weighted by atomic mass is 10.1. The van der Waals surface area contributed by atoms with Gasteiger partial charge in [0.25, 0.3) is 0 Å². The van der Waals surface area contributed by atoms with E-state index in [9.17, 15) is 18.5 Å². The molecule has 0 saturated carbocycles. The van der Waals surface area contributed by atoms with E-state index in [1.165, 1.54) is 0 Å². The summed E-state index contributed by atoms with van der Waals surface area (Å²) in [7, 11) is -16.2. The van der Waals surface area contributed by atoms with Crippen LogP contribution < -0.4 is 0 Å². The minimum atomic E-state index is -5.46. The number of carbonyl (C=O) groups is 1. The zero-order valence-corrected chi connectivity index (χ0v) is 13.4. The molecule has 0 radical (unpaired) electrons. The molecule has 8 N–H and O–H groups in total. The predicted octanol–water partition coefficient (Wildman–Crippen LogP) is -2.41. The van der Waals surface area contributed by atoms with Crippen molar-refractivity contribution in [3.8, 4) is 0 Å². The maximum Gasteiger partial charge on any atom is 0.490 e. The van der Waals surface area contributed by atoms with E-state index in [1.807, 2.05) is 0 Å². The van der Waals surface area contributed by atoms with Crippen molar-refractivity contribution in [2.75, 3.05) is 6.61 Å². The molecule has 14 nitrogen and oxygen atoms in total.